The van der Waals surface area contributed by atoms with Gasteiger partial charge in [0.25, 0.3) is 5.56 Å². The first-order valence-corrected chi connectivity index (χ1v) is 11.4. The van der Waals surface area contributed by atoms with Crippen LogP contribution in [0.15, 0.2) is 65.7 Å². The van der Waals surface area contributed by atoms with Crippen LogP contribution in [0.1, 0.15) is 6.92 Å². The number of ether oxygens (including phenoxy) is 1. The highest BCUT2D eigenvalue weighted by atomic mass is 16.5. The molecule has 8 heteroatoms. The Morgan fingerprint density at radius 3 is 2.85 bits per heavy atom. The molecule has 1 aromatic carbocycles. The molecule has 4 aromatic heterocycles. The van der Waals surface area contributed by atoms with E-state index in [0.29, 0.717) is 19.0 Å². The van der Waals surface area contributed by atoms with Crippen molar-refractivity contribution in [1.82, 2.24) is 24.5 Å². The minimum absolute atomic E-state index is 0.0763. The van der Waals surface area contributed by atoms with E-state index in [1.165, 1.54) is 0 Å². The Morgan fingerprint density at radius 2 is 2.00 bits per heavy atom. The Kier molecular flexibility index (Phi) is 4.88. The van der Waals surface area contributed by atoms with Gasteiger partial charge in [0.05, 0.1) is 30.5 Å². The maximum absolute atomic E-state index is 12.2. The molecule has 1 fully saturated rings. The van der Waals surface area contributed by atoms with Crippen LogP contribution in [-0.4, -0.2) is 50.3 Å². The number of morpholine rings is 1. The van der Waals surface area contributed by atoms with E-state index in [1.807, 2.05) is 48.7 Å². The van der Waals surface area contributed by atoms with Gasteiger partial charge in [0.1, 0.15) is 5.52 Å². The second kappa shape index (κ2) is 8.07. The average Bonchev–Trinajstić information content (AvgIpc) is 3.34. The number of benzene rings is 1. The van der Waals surface area contributed by atoms with Crippen molar-refractivity contribution in [3.63, 3.8) is 0 Å². The van der Waals surface area contributed by atoms with Crippen LogP contribution in [0, 0.1) is 0 Å². The zero-order chi connectivity index (χ0) is 23.2. The topological polar surface area (TPSA) is 88.9 Å². The summed E-state index contributed by atoms with van der Waals surface area (Å²) in [5.41, 5.74) is 4.91. The Labute approximate surface area is 195 Å². The maximum Gasteiger partial charge on any atom is 0.250 e. The molecule has 1 saturated heterocycles. The number of pyridine rings is 2. The minimum atomic E-state index is -0.0763. The molecule has 0 bridgehead atoms. The number of anilines is 1. The average molecular weight is 453 g/mol. The second-order valence-corrected chi connectivity index (χ2v) is 8.66. The first kappa shape index (κ1) is 20.6. The number of aromatic amines is 1. The Balaban J connectivity index is 1.58. The lowest BCUT2D eigenvalue weighted by Gasteiger charge is -2.34. The highest BCUT2D eigenvalue weighted by Crippen LogP contribution is 2.32. The van der Waals surface area contributed by atoms with Gasteiger partial charge in [0.15, 0.2) is 11.6 Å². The molecule has 170 valence electrons. The summed E-state index contributed by atoms with van der Waals surface area (Å²) in [7, 11) is 1.73. The SMILES string of the molecule is C[C@@H]1COCCN1c1nc(-c2cccc3[nH]ccc23)nc2ccc(-c3ccn(C)c(=O)c3)nc12. The molecule has 5 aromatic rings. The van der Waals surface area contributed by atoms with Crippen LogP contribution in [0.4, 0.5) is 5.82 Å². The maximum atomic E-state index is 12.2. The summed E-state index contributed by atoms with van der Waals surface area (Å²) >= 11 is 0. The quantitative estimate of drug-likeness (QED) is 0.448. The molecule has 0 unspecified atom stereocenters. The monoisotopic (exact) mass is 452 g/mol. The molecule has 1 atom stereocenters. The fourth-order valence-electron chi connectivity index (χ4n) is 4.51. The van der Waals surface area contributed by atoms with Crippen molar-refractivity contribution in [3.05, 3.63) is 71.3 Å². The number of hydrogen-bond acceptors (Lipinski definition) is 6. The van der Waals surface area contributed by atoms with Gasteiger partial charge >= 0.3 is 0 Å². The van der Waals surface area contributed by atoms with Gasteiger partial charge in [-0.25, -0.2) is 15.0 Å². The van der Waals surface area contributed by atoms with Gasteiger partial charge in [-0.3, -0.25) is 4.79 Å². The zero-order valence-electron chi connectivity index (χ0n) is 19.0. The highest BCUT2D eigenvalue weighted by Gasteiger charge is 2.25. The molecule has 5 heterocycles. The van der Waals surface area contributed by atoms with Gasteiger partial charge < -0.3 is 19.2 Å². The Morgan fingerprint density at radius 1 is 1.09 bits per heavy atom. The molecule has 0 spiro atoms. The fraction of sp³-hybridized carbons (Fsp3) is 0.231. The van der Waals surface area contributed by atoms with Crippen molar-refractivity contribution < 1.29 is 4.74 Å². The van der Waals surface area contributed by atoms with E-state index in [2.05, 4.69) is 16.8 Å². The number of aromatic nitrogens is 5. The van der Waals surface area contributed by atoms with E-state index in [9.17, 15) is 4.79 Å². The van der Waals surface area contributed by atoms with Gasteiger partial charge in [-0.2, -0.15) is 0 Å². The van der Waals surface area contributed by atoms with E-state index in [1.54, 1.807) is 23.9 Å². The molecule has 0 radical (unpaired) electrons. The number of fused-ring (bicyclic) bond motifs is 2. The molecule has 0 saturated carbocycles. The Bertz CT molecular complexity index is 1590. The predicted molar refractivity (Wildman–Crippen MR) is 133 cm³/mol. The molecular formula is C26H24N6O2. The summed E-state index contributed by atoms with van der Waals surface area (Å²) in [6.07, 6.45) is 3.68. The third-order valence-electron chi connectivity index (χ3n) is 6.40. The number of nitrogens with zero attached hydrogens (tertiary/aromatic N) is 5. The number of nitrogens with one attached hydrogen (secondary N) is 1. The molecule has 8 nitrogen and oxygen atoms in total. The van der Waals surface area contributed by atoms with Crippen molar-refractivity contribution in [2.24, 2.45) is 7.05 Å². The normalized spacial score (nSPS) is 16.4. The van der Waals surface area contributed by atoms with Gasteiger partial charge in [-0.15, -0.1) is 0 Å². The van der Waals surface area contributed by atoms with Gasteiger partial charge in [-0.05, 0) is 37.3 Å². The van der Waals surface area contributed by atoms with Crippen molar-refractivity contribution in [2.45, 2.75) is 13.0 Å². The first-order valence-electron chi connectivity index (χ1n) is 11.4. The van der Waals surface area contributed by atoms with Crippen LogP contribution < -0.4 is 10.5 Å². The lowest BCUT2D eigenvalue weighted by atomic mass is 10.1. The van der Waals surface area contributed by atoms with E-state index in [0.717, 1.165) is 51.1 Å². The van der Waals surface area contributed by atoms with E-state index < -0.39 is 0 Å². The van der Waals surface area contributed by atoms with E-state index >= 15 is 0 Å². The number of H-pyrrole nitrogens is 1. The lowest BCUT2D eigenvalue weighted by Crippen LogP contribution is -2.44. The minimum Gasteiger partial charge on any atom is -0.377 e. The van der Waals surface area contributed by atoms with Gasteiger partial charge in [0.2, 0.25) is 0 Å². The van der Waals surface area contributed by atoms with E-state index in [4.69, 9.17) is 19.7 Å². The lowest BCUT2D eigenvalue weighted by molar-refractivity contribution is 0.0987. The van der Waals surface area contributed by atoms with Gasteiger partial charge in [0, 0.05) is 54.1 Å². The number of aryl methyl sites for hydroxylation is 1. The number of rotatable bonds is 3. The van der Waals surface area contributed by atoms with E-state index in [-0.39, 0.29) is 11.6 Å². The van der Waals surface area contributed by atoms with Crippen LogP contribution in [-0.2, 0) is 11.8 Å². The molecule has 1 N–H and O–H groups in total. The Hall–Kier alpha value is -4.04. The summed E-state index contributed by atoms with van der Waals surface area (Å²) in [5, 5.41) is 1.08. The zero-order valence-corrected chi connectivity index (χ0v) is 19.0. The van der Waals surface area contributed by atoms with Crippen molar-refractivity contribution in [3.8, 4) is 22.6 Å². The first-order chi connectivity index (χ1) is 16.6. The molecular weight excluding hydrogens is 428 g/mol. The van der Waals surface area contributed by atoms with Crippen molar-refractivity contribution in [1.29, 1.82) is 0 Å². The molecule has 34 heavy (non-hydrogen) atoms. The van der Waals surface area contributed by atoms with Crippen LogP contribution in [0.3, 0.4) is 0 Å². The molecule has 1 aliphatic heterocycles. The van der Waals surface area contributed by atoms with Crippen molar-refractivity contribution >= 4 is 27.8 Å². The summed E-state index contributed by atoms with van der Waals surface area (Å²) in [4.78, 5) is 32.6. The molecule has 1 aliphatic rings. The highest BCUT2D eigenvalue weighted by molar-refractivity contribution is 5.96. The standard InChI is InChI=1S/C26H24N6O2/c1-16-15-34-13-12-32(16)26-24-22(7-6-20(28-24)17-9-11-31(2)23(33)14-17)29-25(30-26)19-4-3-5-21-18(19)8-10-27-21/h3-11,14,16,27H,12-13,15H2,1-2H3/t16-/m1/s1. The molecule has 6 rings (SSSR count). The summed E-state index contributed by atoms with van der Waals surface area (Å²) in [6.45, 7) is 4.11. The largest absolute Gasteiger partial charge is 0.377 e. The van der Waals surface area contributed by atoms with Crippen molar-refractivity contribution in [2.75, 3.05) is 24.7 Å². The third-order valence-corrected chi connectivity index (χ3v) is 6.40. The van der Waals surface area contributed by atoms with Crippen LogP contribution >= 0.6 is 0 Å². The fourth-order valence-corrected chi connectivity index (χ4v) is 4.51. The summed E-state index contributed by atoms with van der Waals surface area (Å²) in [6, 6.07) is 15.7. The summed E-state index contributed by atoms with van der Waals surface area (Å²) in [5.74, 6) is 1.45. The van der Waals surface area contributed by atoms with Crippen LogP contribution in [0.25, 0.3) is 44.6 Å². The third kappa shape index (κ3) is 3.43. The molecule has 0 aliphatic carbocycles. The number of hydrogen-bond donors (Lipinski definition) is 1. The van der Waals surface area contributed by atoms with Gasteiger partial charge in [-0.1, -0.05) is 12.1 Å². The predicted octanol–water partition coefficient (Wildman–Crippen LogP) is 3.76. The smallest absolute Gasteiger partial charge is 0.250 e. The van der Waals surface area contributed by atoms with Crippen LogP contribution in [0.2, 0.25) is 0 Å². The summed E-state index contributed by atoms with van der Waals surface area (Å²) < 4.78 is 7.22. The second-order valence-electron chi connectivity index (χ2n) is 8.66. The van der Waals surface area contributed by atoms with Crippen LogP contribution in [0.5, 0.6) is 0 Å². The molecule has 0 amide bonds.